The van der Waals surface area contributed by atoms with E-state index in [-0.39, 0.29) is 12.2 Å². The van der Waals surface area contributed by atoms with Gasteiger partial charge in [0.2, 0.25) is 0 Å². The van der Waals surface area contributed by atoms with E-state index in [0.717, 1.165) is 9.13 Å². The zero-order valence-corrected chi connectivity index (χ0v) is 14.5. The van der Waals surface area contributed by atoms with Crippen molar-refractivity contribution < 1.29 is 9.53 Å². The number of halogens is 1. The first-order valence-corrected chi connectivity index (χ1v) is 8.02. The van der Waals surface area contributed by atoms with Gasteiger partial charge in [-0.2, -0.15) is 0 Å². The van der Waals surface area contributed by atoms with Crippen molar-refractivity contribution in [1.29, 1.82) is 0 Å². The molecule has 3 aromatic rings. The van der Waals surface area contributed by atoms with Crippen molar-refractivity contribution in [1.82, 2.24) is 9.38 Å². The van der Waals surface area contributed by atoms with E-state index in [1.807, 2.05) is 25.1 Å². The molecule has 6 heteroatoms. The van der Waals surface area contributed by atoms with E-state index in [1.165, 1.54) is 10.5 Å². The Labute approximate surface area is 146 Å². The molecule has 0 saturated heterocycles. The Morgan fingerprint density at radius 1 is 1.22 bits per heavy atom. The Balaban J connectivity index is 1.79. The van der Waals surface area contributed by atoms with Crippen LogP contribution in [0.25, 0.3) is 5.65 Å². The average molecular weight is 420 g/mol. The van der Waals surface area contributed by atoms with E-state index in [1.54, 1.807) is 24.4 Å². The molecule has 1 aromatic carbocycles. The number of carbonyl (C=O) groups excluding carboxylic acids is 1. The second-order valence-electron chi connectivity index (χ2n) is 5.10. The molecule has 2 aromatic heterocycles. The van der Waals surface area contributed by atoms with Gasteiger partial charge < -0.3 is 4.74 Å². The summed E-state index contributed by atoms with van der Waals surface area (Å²) in [5, 5.41) is 0. The van der Waals surface area contributed by atoms with E-state index >= 15 is 0 Å². The van der Waals surface area contributed by atoms with Crippen LogP contribution in [0, 0.1) is 10.5 Å². The number of rotatable bonds is 3. The Morgan fingerprint density at radius 2 is 1.96 bits per heavy atom. The molecule has 0 spiro atoms. The molecule has 2 heterocycles. The average Bonchev–Trinajstić information content (AvgIpc) is 2.54. The van der Waals surface area contributed by atoms with Crippen LogP contribution in [-0.4, -0.2) is 15.4 Å². The van der Waals surface area contributed by atoms with Crippen LogP contribution in [0.1, 0.15) is 21.6 Å². The molecule has 0 bridgehead atoms. The molecular weight excluding hydrogens is 407 g/mol. The van der Waals surface area contributed by atoms with Crippen molar-refractivity contribution in [2.75, 3.05) is 0 Å². The van der Waals surface area contributed by atoms with E-state index in [9.17, 15) is 9.59 Å². The highest BCUT2D eigenvalue weighted by atomic mass is 127. The third-order valence-electron chi connectivity index (χ3n) is 3.29. The number of ether oxygens (including phenoxy) is 1. The minimum atomic E-state index is -0.438. The lowest BCUT2D eigenvalue weighted by Crippen LogP contribution is -2.16. The third-order valence-corrected chi connectivity index (χ3v) is 4.01. The molecule has 0 atom stereocenters. The van der Waals surface area contributed by atoms with Gasteiger partial charge in [0.05, 0.1) is 11.3 Å². The van der Waals surface area contributed by atoms with Gasteiger partial charge in [-0.1, -0.05) is 6.07 Å². The Kier molecular flexibility index (Phi) is 4.42. The highest BCUT2D eigenvalue weighted by Gasteiger charge is 2.09. The zero-order valence-electron chi connectivity index (χ0n) is 12.3. The van der Waals surface area contributed by atoms with Crippen LogP contribution in [-0.2, 0) is 11.3 Å². The highest BCUT2D eigenvalue weighted by molar-refractivity contribution is 14.1. The first-order chi connectivity index (χ1) is 11.0. The van der Waals surface area contributed by atoms with Crippen molar-refractivity contribution >= 4 is 34.2 Å². The third kappa shape index (κ3) is 3.58. The van der Waals surface area contributed by atoms with Crippen molar-refractivity contribution in [2.45, 2.75) is 13.5 Å². The van der Waals surface area contributed by atoms with E-state index in [2.05, 4.69) is 27.6 Å². The molecule has 0 unspecified atom stereocenters. The van der Waals surface area contributed by atoms with Crippen molar-refractivity contribution in [3.8, 4) is 0 Å². The summed E-state index contributed by atoms with van der Waals surface area (Å²) in [5.74, 6) is -0.438. The first-order valence-electron chi connectivity index (χ1n) is 6.94. The largest absolute Gasteiger partial charge is 0.456 e. The molecule has 0 aliphatic carbocycles. The molecular formula is C17H13IN2O3. The summed E-state index contributed by atoms with van der Waals surface area (Å²) >= 11 is 2.17. The molecule has 0 N–H and O–H groups in total. The van der Waals surface area contributed by atoms with Gasteiger partial charge in [-0.3, -0.25) is 9.20 Å². The Hall–Kier alpha value is -2.22. The fraction of sp³-hybridized carbons (Fsp3) is 0.118. The van der Waals surface area contributed by atoms with Crippen LogP contribution >= 0.6 is 22.6 Å². The van der Waals surface area contributed by atoms with Gasteiger partial charge in [-0.05, 0) is 65.4 Å². The number of fused-ring (bicyclic) bond motifs is 1. The normalized spacial score (nSPS) is 10.7. The van der Waals surface area contributed by atoms with Gasteiger partial charge in [-0.15, -0.1) is 0 Å². The van der Waals surface area contributed by atoms with Crippen molar-refractivity contribution in [2.24, 2.45) is 0 Å². The summed E-state index contributed by atoms with van der Waals surface area (Å²) < 4.78 is 7.74. The van der Waals surface area contributed by atoms with Crippen molar-refractivity contribution in [3.63, 3.8) is 0 Å². The molecule has 23 heavy (non-hydrogen) atoms. The Bertz CT molecular complexity index is 933. The summed E-state index contributed by atoms with van der Waals surface area (Å²) in [6.07, 6.45) is 1.73. The summed E-state index contributed by atoms with van der Waals surface area (Å²) in [6, 6.07) is 12.1. The summed E-state index contributed by atoms with van der Waals surface area (Å²) in [7, 11) is 0. The maximum Gasteiger partial charge on any atom is 0.338 e. The number of nitrogens with zero attached hydrogens (tertiary/aromatic N) is 2. The van der Waals surface area contributed by atoms with Crippen LogP contribution < -0.4 is 5.56 Å². The van der Waals surface area contributed by atoms with Gasteiger partial charge in [0, 0.05) is 15.8 Å². The fourth-order valence-corrected chi connectivity index (χ4v) is 2.50. The number of carbonyl (C=O) groups is 1. The smallest absolute Gasteiger partial charge is 0.338 e. The molecule has 0 fully saturated rings. The Morgan fingerprint density at radius 3 is 2.70 bits per heavy atom. The van der Waals surface area contributed by atoms with Gasteiger partial charge >= 0.3 is 5.97 Å². The monoisotopic (exact) mass is 420 g/mol. The number of esters is 1. The first kappa shape index (κ1) is 15.7. The van der Waals surface area contributed by atoms with E-state index in [4.69, 9.17) is 4.74 Å². The fourth-order valence-electron chi connectivity index (χ4n) is 2.14. The molecule has 0 saturated carbocycles. The lowest BCUT2D eigenvalue weighted by atomic mass is 10.2. The van der Waals surface area contributed by atoms with E-state index in [0.29, 0.717) is 16.9 Å². The number of hydrogen-bond acceptors (Lipinski definition) is 4. The standard InChI is InChI=1S/C17H13IN2O3/c1-11-2-7-15-19-14(8-16(21)20(15)9-11)10-23-17(22)12-3-5-13(18)6-4-12/h2-9H,10H2,1H3. The maximum absolute atomic E-state index is 12.1. The lowest BCUT2D eigenvalue weighted by Gasteiger charge is -2.06. The molecule has 0 aliphatic heterocycles. The van der Waals surface area contributed by atoms with Gasteiger partial charge in [0.15, 0.2) is 0 Å². The summed E-state index contributed by atoms with van der Waals surface area (Å²) in [5.41, 5.74) is 2.21. The van der Waals surface area contributed by atoms with Crippen LogP contribution in [0.3, 0.4) is 0 Å². The number of aryl methyl sites for hydroxylation is 1. The topological polar surface area (TPSA) is 60.7 Å². The molecule has 0 aliphatic rings. The second-order valence-corrected chi connectivity index (χ2v) is 6.35. The number of hydrogen-bond donors (Lipinski definition) is 0. The highest BCUT2D eigenvalue weighted by Crippen LogP contribution is 2.09. The minimum absolute atomic E-state index is 0.0373. The second kappa shape index (κ2) is 6.49. The quantitative estimate of drug-likeness (QED) is 0.483. The lowest BCUT2D eigenvalue weighted by molar-refractivity contribution is 0.0467. The summed E-state index contributed by atoms with van der Waals surface area (Å²) in [4.78, 5) is 28.4. The van der Waals surface area contributed by atoms with Crippen LogP contribution in [0.4, 0.5) is 0 Å². The van der Waals surface area contributed by atoms with Crippen LogP contribution in [0.15, 0.2) is 53.5 Å². The number of aromatic nitrogens is 2. The molecule has 3 rings (SSSR count). The summed E-state index contributed by atoms with van der Waals surface area (Å²) in [6.45, 7) is 1.87. The molecule has 0 amide bonds. The zero-order chi connectivity index (χ0) is 16.4. The predicted octanol–water partition coefficient (Wildman–Crippen LogP) is 2.96. The molecule has 116 valence electrons. The van der Waals surface area contributed by atoms with Gasteiger partial charge in [0.25, 0.3) is 5.56 Å². The number of benzene rings is 1. The van der Waals surface area contributed by atoms with Crippen LogP contribution in [0.5, 0.6) is 0 Å². The maximum atomic E-state index is 12.1. The predicted molar refractivity (Wildman–Crippen MR) is 94.5 cm³/mol. The van der Waals surface area contributed by atoms with Crippen LogP contribution in [0.2, 0.25) is 0 Å². The minimum Gasteiger partial charge on any atom is -0.456 e. The van der Waals surface area contributed by atoms with Gasteiger partial charge in [0.1, 0.15) is 12.3 Å². The van der Waals surface area contributed by atoms with Crippen molar-refractivity contribution in [3.05, 3.63) is 79.4 Å². The van der Waals surface area contributed by atoms with E-state index < -0.39 is 5.97 Å². The number of pyridine rings is 1. The molecule has 0 radical (unpaired) electrons. The van der Waals surface area contributed by atoms with Gasteiger partial charge in [-0.25, -0.2) is 9.78 Å². The molecule has 5 nitrogen and oxygen atoms in total. The SMILES string of the molecule is Cc1ccc2nc(COC(=O)c3ccc(I)cc3)cc(=O)n2c1.